The molecular formula is C28H34N2O5. The summed E-state index contributed by atoms with van der Waals surface area (Å²) < 4.78 is 5.56. The largest absolute Gasteiger partial charge is 0.481 e. The second kappa shape index (κ2) is 10.9. The molecule has 0 bridgehead atoms. The molecule has 0 radical (unpaired) electrons. The number of fused-ring (bicyclic) bond motifs is 3. The SMILES string of the molecule is CCC1C(C(=O)O)CCN1C(=O)C(C)CCCNC(=O)OCC1c2ccccc2-c2ccccc21. The van der Waals surface area contributed by atoms with Crippen LogP contribution in [0.2, 0.25) is 0 Å². The normalized spacial score (nSPS) is 19.7. The van der Waals surface area contributed by atoms with Gasteiger partial charge in [-0.1, -0.05) is 62.4 Å². The molecule has 3 atom stereocenters. The molecule has 0 saturated carbocycles. The number of carbonyl (C=O) groups is 3. The molecule has 1 aliphatic carbocycles. The molecule has 7 nitrogen and oxygen atoms in total. The fraction of sp³-hybridized carbons (Fsp3) is 0.464. The number of carbonyl (C=O) groups excluding carboxylic acids is 2. The number of aliphatic carboxylic acids is 1. The van der Waals surface area contributed by atoms with Crippen molar-refractivity contribution in [2.75, 3.05) is 19.7 Å². The number of likely N-dealkylation sites (tertiary alicyclic amines) is 1. The zero-order chi connectivity index (χ0) is 24.9. The van der Waals surface area contributed by atoms with E-state index in [-0.39, 0.29) is 30.4 Å². The van der Waals surface area contributed by atoms with E-state index in [1.165, 1.54) is 22.3 Å². The highest BCUT2D eigenvalue weighted by atomic mass is 16.5. The van der Waals surface area contributed by atoms with Crippen LogP contribution >= 0.6 is 0 Å². The fourth-order valence-electron chi connectivity index (χ4n) is 5.57. The third-order valence-corrected chi connectivity index (χ3v) is 7.41. The molecule has 2 aliphatic rings. The van der Waals surface area contributed by atoms with Gasteiger partial charge in [0.25, 0.3) is 0 Å². The van der Waals surface area contributed by atoms with Crippen LogP contribution in [0.1, 0.15) is 56.6 Å². The minimum absolute atomic E-state index is 0.00161. The lowest BCUT2D eigenvalue weighted by atomic mass is 9.97. The third kappa shape index (κ3) is 5.19. The van der Waals surface area contributed by atoms with Gasteiger partial charge in [-0.3, -0.25) is 9.59 Å². The Morgan fingerprint density at radius 1 is 1.09 bits per heavy atom. The van der Waals surface area contributed by atoms with Gasteiger partial charge >= 0.3 is 12.1 Å². The monoisotopic (exact) mass is 478 g/mol. The van der Waals surface area contributed by atoms with Crippen LogP contribution in [0.4, 0.5) is 4.79 Å². The van der Waals surface area contributed by atoms with Gasteiger partial charge < -0.3 is 20.1 Å². The summed E-state index contributed by atoms with van der Waals surface area (Å²) in [6.07, 6.45) is 1.95. The van der Waals surface area contributed by atoms with Crippen molar-refractivity contribution in [1.82, 2.24) is 10.2 Å². The minimum atomic E-state index is -0.827. The van der Waals surface area contributed by atoms with Crippen molar-refractivity contribution in [3.8, 4) is 11.1 Å². The number of alkyl carbamates (subject to hydrolysis) is 1. The number of benzene rings is 2. The highest BCUT2D eigenvalue weighted by Gasteiger charge is 2.40. The van der Waals surface area contributed by atoms with Crippen LogP contribution in [0.5, 0.6) is 0 Å². The maximum atomic E-state index is 12.9. The van der Waals surface area contributed by atoms with Crippen molar-refractivity contribution >= 4 is 18.0 Å². The van der Waals surface area contributed by atoms with Crippen molar-refractivity contribution in [3.05, 3.63) is 59.7 Å². The molecule has 0 aromatic heterocycles. The van der Waals surface area contributed by atoms with E-state index in [1.807, 2.05) is 38.1 Å². The molecule has 186 valence electrons. The van der Waals surface area contributed by atoms with E-state index in [9.17, 15) is 19.5 Å². The van der Waals surface area contributed by atoms with Gasteiger partial charge in [0.05, 0.1) is 5.92 Å². The molecule has 2 aromatic rings. The number of amides is 2. The van der Waals surface area contributed by atoms with Crippen LogP contribution in [0.15, 0.2) is 48.5 Å². The number of rotatable bonds is 9. The highest BCUT2D eigenvalue weighted by molar-refractivity contribution is 5.81. The summed E-state index contributed by atoms with van der Waals surface area (Å²) in [7, 11) is 0. The fourth-order valence-corrected chi connectivity index (χ4v) is 5.57. The maximum Gasteiger partial charge on any atom is 0.407 e. The summed E-state index contributed by atoms with van der Waals surface area (Å²) in [6.45, 7) is 4.98. The number of ether oxygens (including phenoxy) is 1. The topological polar surface area (TPSA) is 95.9 Å². The molecule has 1 fully saturated rings. The highest BCUT2D eigenvalue weighted by Crippen LogP contribution is 2.44. The Balaban J connectivity index is 1.21. The van der Waals surface area contributed by atoms with Crippen LogP contribution in [0, 0.1) is 11.8 Å². The first-order chi connectivity index (χ1) is 16.9. The van der Waals surface area contributed by atoms with Crippen LogP contribution in [0.3, 0.4) is 0 Å². The molecule has 4 rings (SSSR count). The van der Waals surface area contributed by atoms with E-state index in [2.05, 4.69) is 29.6 Å². The Kier molecular flexibility index (Phi) is 7.73. The van der Waals surface area contributed by atoms with Crippen molar-refractivity contribution in [3.63, 3.8) is 0 Å². The van der Waals surface area contributed by atoms with E-state index >= 15 is 0 Å². The first-order valence-corrected chi connectivity index (χ1v) is 12.5. The smallest absolute Gasteiger partial charge is 0.407 e. The lowest BCUT2D eigenvalue weighted by molar-refractivity contribution is -0.144. The standard InChI is InChI=1S/C28H34N2O5/c1-3-25-23(27(32)33)14-16-30(25)26(31)18(2)9-8-15-29-28(34)35-17-24-21-12-6-4-10-19(21)20-11-5-7-13-22(20)24/h4-7,10-13,18,23-25H,3,8-9,14-17H2,1-2H3,(H,29,34)(H,32,33). The van der Waals surface area contributed by atoms with Crippen LogP contribution in [-0.2, 0) is 14.3 Å². The van der Waals surface area contributed by atoms with E-state index in [1.54, 1.807) is 4.90 Å². The summed E-state index contributed by atoms with van der Waals surface area (Å²) in [6, 6.07) is 16.2. The Bertz CT molecular complexity index is 1040. The minimum Gasteiger partial charge on any atom is -0.481 e. The molecule has 1 aliphatic heterocycles. The number of carboxylic acids is 1. The van der Waals surface area contributed by atoms with Gasteiger partial charge in [-0.15, -0.1) is 0 Å². The van der Waals surface area contributed by atoms with Crippen molar-refractivity contribution < 1.29 is 24.2 Å². The molecule has 35 heavy (non-hydrogen) atoms. The van der Waals surface area contributed by atoms with Gasteiger partial charge in [0.1, 0.15) is 6.61 Å². The number of carboxylic acid groups (broad SMARTS) is 1. The summed E-state index contributed by atoms with van der Waals surface area (Å²) in [5.41, 5.74) is 4.72. The second-order valence-electron chi connectivity index (χ2n) is 9.54. The Morgan fingerprint density at radius 3 is 2.31 bits per heavy atom. The summed E-state index contributed by atoms with van der Waals surface area (Å²) in [5, 5.41) is 12.2. The second-order valence-corrected chi connectivity index (χ2v) is 9.54. The Hall–Kier alpha value is -3.35. The molecule has 2 amide bonds. The van der Waals surface area contributed by atoms with E-state index < -0.39 is 18.0 Å². The van der Waals surface area contributed by atoms with E-state index in [0.717, 1.165) is 0 Å². The zero-order valence-corrected chi connectivity index (χ0v) is 20.4. The number of nitrogens with one attached hydrogen (secondary N) is 1. The third-order valence-electron chi connectivity index (χ3n) is 7.41. The van der Waals surface area contributed by atoms with Crippen LogP contribution in [-0.4, -0.2) is 53.7 Å². The van der Waals surface area contributed by atoms with Gasteiger partial charge in [-0.2, -0.15) is 0 Å². The van der Waals surface area contributed by atoms with Crippen LogP contribution in [0.25, 0.3) is 11.1 Å². The van der Waals surface area contributed by atoms with Gasteiger partial charge in [0, 0.05) is 31.0 Å². The van der Waals surface area contributed by atoms with Crippen molar-refractivity contribution in [1.29, 1.82) is 0 Å². The molecular weight excluding hydrogens is 444 g/mol. The lowest BCUT2D eigenvalue weighted by Crippen LogP contribution is -2.42. The first kappa shape index (κ1) is 24.8. The molecule has 2 N–H and O–H groups in total. The van der Waals surface area contributed by atoms with Crippen molar-refractivity contribution in [2.45, 2.75) is 51.5 Å². The van der Waals surface area contributed by atoms with E-state index in [4.69, 9.17) is 4.74 Å². The predicted molar refractivity (Wildman–Crippen MR) is 133 cm³/mol. The number of nitrogens with zero attached hydrogens (tertiary/aromatic N) is 1. The zero-order valence-electron chi connectivity index (χ0n) is 20.4. The Labute approximate surface area is 206 Å². The lowest BCUT2D eigenvalue weighted by Gasteiger charge is -2.28. The average Bonchev–Trinajstić information content (AvgIpc) is 3.44. The Morgan fingerprint density at radius 2 is 1.71 bits per heavy atom. The predicted octanol–water partition coefficient (Wildman–Crippen LogP) is 4.65. The molecule has 0 spiro atoms. The summed E-state index contributed by atoms with van der Waals surface area (Å²) in [5.74, 6) is -1.51. The van der Waals surface area contributed by atoms with Crippen LogP contribution < -0.4 is 5.32 Å². The average molecular weight is 479 g/mol. The maximum absolute atomic E-state index is 12.9. The summed E-state index contributed by atoms with van der Waals surface area (Å²) in [4.78, 5) is 38.4. The molecule has 1 heterocycles. The molecule has 2 aromatic carbocycles. The quantitative estimate of drug-likeness (QED) is 0.512. The molecule has 1 saturated heterocycles. The molecule has 3 unspecified atom stereocenters. The van der Waals surface area contributed by atoms with Crippen molar-refractivity contribution in [2.24, 2.45) is 11.8 Å². The first-order valence-electron chi connectivity index (χ1n) is 12.5. The number of hydrogen-bond acceptors (Lipinski definition) is 4. The number of hydrogen-bond donors (Lipinski definition) is 2. The van der Waals surface area contributed by atoms with Gasteiger partial charge in [-0.25, -0.2) is 4.79 Å². The molecule has 7 heteroatoms. The van der Waals surface area contributed by atoms with Gasteiger partial charge in [0.15, 0.2) is 0 Å². The van der Waals surface area contributed by atoms with Gasteiger partial charge in [-0.05, 0) is 47.9 Å². The van der Waals surface area contributed by atoms with Gasteiger partial charge in [0.2, 0.25) is 5.91 Å². The van der Waals surface area contributed by atoms with E-state index in [0.29, 0.717) is 38.8 Å². The summed E-state index contributed by atoms with van der Waals surface area (Å²) >= 11 is 0.